The first kappa shape index (κ1) is 59.1. The Labute approximate surface area is 610 Å². The first-order chi connectivity index (χ1) is 51.5. The van der Waals surface area contributed by atoms with Gasteiger partial charge in [0.1, 0.15) is 0 Å². The van der Waals surface area contributed by atoms with Gasteiger partial charge >= 0.3 is 0 Å². The van der Waals surface area contributed by atoms with E-state index in [1.54, 1.807) is 0 Å². The molecule has 0 fully saturated rings. The Morgan fingerprint density at radius 3 is 0.971 bits per heavy atom. The van der Waals surface area contributed by atoms with E-state index in [-0.39, 0.29) is 0 Å². The Bertz CT molecular complexity index is 6530. The number of aromatic nitrogens is 4. The van der Waals surface area contributed by atoms with Gasteiger partial charge in [-0.15, -0.1) is 0 Å². The molecular formula is C98H58N4S2. The average molecular weight is 1360 g/mol. The van der Waals surface area contributed by atoms with E-state index in [2.05, 4.69) is 346 Å². The number of benzene rings is 16. The van der Waals surface area contributed by atoms with Crippen LogP contribution in [0.3, 0.4) is 0 Å². The molecule has 2 aliphatic carbocycles. The fourth-order valence-electron chi connectivity index (χ4n) is 17.7. The number of fused-ring (bicyclic) bond motifs is 26. The van der Waals surface area contributed by atoms with Crippen molar-refractivity contribution in [3.05, 3.63) is 396 Å². The van der Waals surface area contributed by atoms with Gasteiger partial charge in [-0.2, -0.15) is 0 Å². The zero-order valence-corrected chi connectivity index (χ0v) is 57.7. The smallest absolute Gasteiger partial charge is 0.160 e. The lowest BCUT2D eigenvalue weighted by atomic mass is 9.66. The van der Waals surface area contributed by atoms with Crippen LogP contribution in [0.25, 0.3) is 144 Å². The maximum absolute atomic E-state index is 5.55. The zero-order valence-electron chi connectivity index (χ0n) is 56.1. The van der Waals surface area contributed by atoms with Gasteiger partial charge in [0.15, 0.2) is 11.6 Å². The molecule has 482 valence electrons. The third-order valence-corrected chi connectivity index (χ3v) is 25.0. The second kappa shape index (κ2) is 23.0. The van der Waals surface area contributed by atoms with E-state index in [0.29, 0.717) is 11.6 Å². The average Bonchev–Trinajstić information content (AvgIpc) is 1.46. The molecule has 6 heteroatoms. The molecule has 1 atom stereocenters. The van der Waals surface area contributed by atoms with Crippen LogP contribution in [-0.2, 0) is 10.8 Å². The highest BCUT2D eigenvalue weighted by Gasteiger charge is 2.53. The second-order valence-electron chi connectivity index (χ2n) is 27.8. The monoisotopic (exact) mass is 1350 g/mol. The van der Waals surface area contributed by atoms with Crippen LogP contribution in [0.2, 0.25) is 0 Å². The van der Waals surface area contributed by atoms with Gasteiger partial charge < -0.3 is 0 Å². The lowest BCUT2D eigenvalue weighted by molar-refractivity contribution is 0.729. The van der Waals surface area contributed by atoms with Crippen molar-refractivity contribution in [2.75, 3.05) is 0 Å². The van der Waals surface area contributed by atoms with Crippen LogP contribution in [0.4, 0.5) is 0 Å². The summed E-state index contributed by atoms with van der Waals surface area (Å²) in [5.41, 5.74) is 25.9. The van der Waals surface area contributed by atoms with E-state index < -0.39 is 10.8 Å². The van der Waals surface area contributed by atoms with Crippen LogP contribution >= 0.6 is 23.5 Å². The largest absolute Gasteiger partial charge is 0.228 e. The molecule has 1 unspecified atom stereocenters. The van der Waals surface area contributed by atoms with Crippen molar-refractivity contribution in [2.45, 2.75) is 30.4 Å². The standard InChI is InChI=1S/C98H58N4S2/c1-4-23-64(24-5-1)87-57-89(101-96(100-87)70-47-49-82-78(56-70)75-33-17-19-35-80(75)97(82)83-50-42-60-20-10-13-29-71(60)91(83)103-92-72-30-14-11-21-61(72)43-51-84(92)97)66-39-36-59(37-40-66)68-41-38-63-45-53-86-94(76(63)54-68)104-93-73-31-15-12-22-62(73)44-52-85(93)98(86)79-34-18-16-32-74(79)77-55-69(46-48-81(77)98)90-58-88(65-25-6-2-7-26-65)99-95(102-90)67-27-8-3-9-28-67/h1-58H. The molecular weight excluding hydrogens is 1300 g/mol. The highest BCUT2D eigenvalue weighted by Crippen LogP contribution is 2.66. The summed E-state index contributed by atoms with van der Waals surface area (Å²) in [5, 5.41) is 9.96. The molecule has 0 saturated heterocycles. The third-order valence-electron chi connectivity index (χ3n) is 22.4. The van der Waals surface area contributed by atoms with Crippen LogP contribution < -0.4 is 0 Å². The van der Waals surface area contributed by atoms with Crippen LogP contribution in [0, 0.1) is 0 Å². The summed E-state index contributed by atoms with van der Waals surface area (Å²) in [7, 11) is 0. The first-order valence-corrected chi connectivity index (χ1v) is 37.2. The molecule has 16 aromatic carbocycles. The minimum absolute atomic E-state index is 0.567. The molecule has 4 heterocycles. The van der Waals surface area contributed by atoms with Crippen molar-refractivity contribution in [1.82, 2.24) is 19.9 Å². The van der Waals surface area contributed by atoms with Crippen molar-refractivity contribution in [3.63, 3.8) is 0 Å². The Morgan fingerprint density at radius 1 is 0.183 bits per heavy atom. The van der Waals surface area contributed by atoms with Crippen molar-refractivity contribution < 1.29 is 0 Å². The fourth-order valence-corrected chi connectivity index (χ4v) is 20.6. The summed E-state index contributed by atoms with van der Waals surface area (Å²) in [6.45, 7) is 0. The Morgan fingerprint density at radius 2 is 0.490 bits per heavy atom. The normalized spacial score (nSPS) is 14.6. The topological polar surface area (TPSA) is 51.6 Å². The van der Waals surface area contributed by atoms with Crippen LogP contribution in [0.5, 0.6) is 0 Å². The van der Waals surface area contributed by atoms with Crippen molar-refractivity contribution in [2.24, 2.45) is 0 Å². The van der Waals surface area contributed by atoms with E-state index in [1.807, 2.05) is 29.6 Å². The summed E-state index contributed by atoms with van der Waals surface area (Å²) in [6, 6.07) is 130. The van der Waals surface area contributed by atoms with Crippen molar-refractivity contribution >= 4 is 66.6 Å². The predicted molar refractivity (Wildman–Crippen MR) is 429 cm³/mol. The van der Waals surface area contributed by atoms with Gasteiger partial charge in [0.2, 0.25) is 0 Å². The highest BCUT2D eigenvalue weighted by atomic mass is 32.2. The molecule has 18 aromatic rings. The number of nitrogens with zero attached hydrogens (tertiary/aromatic N) is 4. The van der Waals surface area contributed by atoms with Gasteiger partial charge in [-0.25, -0.2) is 19.9 Å². The van der Waals surface area contributed by atoms with Gasteiger partial charge in [0, 0.05) is 53.0 Å². The van der Waals surface area contributed by atoms with E-state index >= 15 is 0 Å². The van der Waals surface area contributed by atoms with E-state index in [1.165, 1.54) is 129 Å². The predicted octanol–water partition coefficient (Wildman–Crippen LogP) is 25.2. The molecule has 2 aromatic heterocycles. The van der Waals surface area contributed by atoms with Gasteiger partial charge in [0.05, 0.1) is 33.6 Å². The molecule has 0 radical (unpaired) electrons. The van der Waals surface area contributed by atoms with Gasteiger partial charge in [-0.1, -0.05) is 345 Å². The number of hydrogen-bond acceptors (Lipinski definition) is 6. The number of hydrogen-bond donors (Lipinski definition) is 0. The fraction of sp³-hybridized carbons (Fsp3) is 0.0204. The second-order valence-corrected chi connectivity index (χ2v) is 29.8. The van der Waals surface area contributed by atoms with Crippen LogP contribution in [0.1, 0.15) is 44.5 Å². The van der Waals surface area contributed by atoms with Gasteiger partial charge in [-0.3, -0.25) is 0 Å². The van der Waals surface area contributed by atoms with Crippen molar-refractivity contribution in [3.8, 4) is 101 Å². The van der Waals surface area contributed by atoms with E-state index in [4.69, 9.17) is 19.9 Å². The highest BCUT2D eigenvalue weighted by molar-refractivity contribution is 8.00. The van der Waals surface area contributed by atoms with Gasteiger partial charge in [0.25, 0.3) is 0 Å². The molecule has 22 rings (SSSR count). The number of rotatable bonds is 7. The molecule has 2 aliphatic heterocycles. The maximum Gasteiger partial charge on any atom is 0.160 e. The molecule has 4 aliphatic rings. The molecule has 0 amide bonds. The van der Waals surface area contributed by atoms with Crippen molar-refractivity contribution in [1.29, 1.82) is 0 Å². The molecule has 0 N–H and O–H groups in total. The van der Waals surface area contributed by atoms with Crippen LogP contribution in [-0.4, -0.2) is 19.9 Å². The minimum atomic E-state index is -0.633. The summed E-state index contributed by atoms with van der Waals surface area (Å²) in [5.74, 6) is 1.38. The Balaban J connectivity index is 0.668. The molecule has 2 spiro atoms. The van der Waals surface area contributed by atoms with E-state index in [0.717, 1.165) is 67.3 Å². The van der Waals surface area contributed by atoms with Crippen LogP contribution in [0.15, 0.2) is 371 Å². The molecule has 104 heavy (non-hydrogen) atoms. The summed E-state index contributed by atoms with van der Waals surface area (Å²) in [4.78, 5) is 26.7. The minimum Gasteiger partial charge on any atom is -0.228 e. The Kier molecular flexibility index (Phi) is 13.1. The first-order valence-electron chi connectivity index (χ1n) is 35.6. The molecule has 0 saturated carbocycles. The summed E-state index contributed by atoms with van der Waals surface area (Å²) < 4.78 is 0. The quantitative estimate of drug-likeness (QED) is 0.158. The summed E-state index contributed by atoms with van der Waals surface area (Å²) >= 11 is 3.85. The lowest BCUT2D eigenvalue weighted by Crippen LogP contribution is -2.32. The maximum atomic E-state index is 5.55. The SMILES string of the molecule is c1ccc(-c2cc(-c3ccc4c(c3)-c3ccccc3C43c4ccc5ccccc5c4Sc4c3ccc3ccc(-c5ccc(-c6cc(-c7ccccc7)nc(-c7ccc8c(c7)-c7ccccc7C87c8ccc9ccccc9c8Sc8c7ccc7ccccc87)n6)cc5)cc43)nc(-c3ccccc3)n2)cc1. The Hall–Kier alpha value is -12.6. The third kappa shape index (κ3) is 8.70. The zero-order chi connectivity index (χ0) is 68.2. The molecule has 4 nitrogen and oxygen atoms in total. The van der Waals surface area contributed by atoms with Gasteiger partial charge in [-0.05, 0) is 151 Å². The molecule has 0 bridgehead atoms. The summed E-state index contributed by atoms with van der Waals surface area (Å²) in [6.07, 6.45) is 0. The van der Waals surface area contributed by atoms with E-state index in [9.17, 15) is 0 Å². The lowest BCUT2D eigenvalue weighted by Gasteiger charge is -2.40.